The van der Waals surface area contributed by atoms with Crippen molar-refractivity contribution in [2.45, 2.75) is 40.5 Å². The van der Waals surface area contributed by atoms with Gasteiger partial charge in [0.1, 0.15) is 13.2 Å². The van der Waals surface area contributed by atoms with Gasteiger partial charge in [-0.1, -0.05) is 92.8 Å². The highest BCUT2D eigenvalue weighted by Crippen LogP contribution is 2.40. The van der Waals surface area contributed by atoms with Crippen LogP contribution in [0.3, 0.4) is 0 Å². The Bertz CT molecular complexity index is 1270. The Labute approximate surface area is 222 Å². The van der Waals surface area contributed by atoms with Crippen LogP contribution in [0.1, 0.15) is 39.0 Å². The van der Waals surface area contributed by atoms with Crippen molar-refractivity contribution in [3.05, 3.63) is 113 Å². The van der Waals surface area contributed by atoms with Gasteiger partial charge in [-0.15, -0.1) is 10.2 Å². The molecule has 0 saturated heterocycles. The summed E-state index contributed by atoms with van der Waals surface area (Å²) in [7, 11) is 0. The molecule has 0 radical (unpaired) electrons. The Balaban J connectivity index is 1.86. The molecule has 38 heavy (non-hydrogen) atoms. The predicted molar refractivity (Wildman–Crippen MR) is 146 cm³/mol. The van der Waals surface area contributed by atoms with E-state index in [9.17, 15) is 13.2 Å². The minimum absolute atomic E-state index is 0.237. The summed E-state index contributed by atoms with van der Waals surface area (Å²) in [6.45, 7) is 11.8. The van der Waals surface area contributed by atoms with Crippen LogP contribution in [0.25, 0.3) is 6.08 Å². The molecule has 1 aromatic heterocycles. The SMILES string of the molecule is C=C(C)C(=CC=CC)COc1nnc(C=CC2=CC=C(C(F)(F)F)C(C)C2C)cc1OCc1ccccc1. The van der Waals surface area contributed by atoms with Crippen molar-refractivity contribution in [2.24, 2.45) is 11.8 Å². The molecular weight excluding hydrogens is 489 g/mol. The molecule has 0 N–H and O–H groups in total. The van der Waals surface area contributed by atoms with E-state index in [1.165, 1.54) is 6.08 Å². The maximum absolute atomic E-state index is 13.3. The molecule has 1 aromatic carbocycles. The highest BCUT2D eigenvalue weighted by molar-refractivity contribution is 5.54. The van der Waals surface area contributed by atoms with Crippen molar-refractivity contribution in [1.29, 1.82) is 0 Å². The molecule has 0 spiro atoms. The summed E-state index contributed by atoms with van der Waals surface area (Å²) in [6.07, 6.45) is 7.58. The Morgan fingerprint density at radius 1 is 1.03 bits per heavy atom. The molecule has 0 aliphatic heterocycles. The molecule has 7 heteroatoms. The largest absolute Gasteiger partial charge is 0.483 e. The van der Waals surface area contributed by atoms with E-state index >= 15 is 0 Å². The molecule has 200 valence electrons. The van der Waals surface area contributed by atoms with E-state index in [-0.39, 0.29) is 18.4 Å². The first kappa shape index (κ1) is 28.7. The monoisotopic (exact) mass is 522 g/mol. The van der Waals surface area contributed by atoms with Gasteiger partial charge in [0.2, 0.25) is 0 Å². The standard InChI is InChI=1S/C31H33F3N2O2/c1-6-7-13-26(21(2)3)20-38-30-29(37-19-24-11-9-8-10-12-24)18-27(35-36-30)16-14-25-15-17-28(31(32,33)34)23(5)22(25)4/h6-18,22-23H,2,19-20H2,1,3-5H3. The Hall–Kier alpha value is -3.87. The fourth-order valence-corrected chi connectivity index (χ4v) is 3.86. The number of hydrogen-bond acceptors (Lipinski definition) is 4. The number of rotatable bonds is 10. The topological polar surface area (TPSA) is 44.2 Å². The normalized spacial score (nSPS) is 18.4. The molecule has 0 amide bonds. The van der Waals surface area contributed by atoms with Crippen LogP contribution in [0.2, 0.25) is 0 Å². The first-order valence-corrected chi connectivity index (χ1v) is 12.4. The fraction of sp³-hybridized carbons (Fsp3) is 0.290. The number of allylic oxidation sites excluding steroid dienone is 8. The minimum Gasteiger partial charge on any atom is -0.483 e. The van der Waals surface area contributed by atoms with Crippen LogP contribution in [0.5, 0.6) is 11.6 Å². The van der Waals surface area contributed by atoms with Crippen LogP contribution in [0, 0.1) is 11.8 Å². The molecule has 0 saturated carbocycles. The maximum atomic E-state index is 13.3. The number of aromatic nitrogens is 2. The van der Waals surface area contributed by atoms with Gasteiger partial charge in [-0.05, 0) is 48.5 Å². The van der Waals surface area contributed by atoms with Gasteiger partial charge in [-0.3, -0.25) is 0 Å². The van der Waals surface area contributed by atoms with Crippen molar-refractivity contribution in [1.82, 2.24) is 10.2 Å². The van der Waals surface area contributed by atoms with E-state index in [1.54, 1.807) is 32.1 Å². The second-order valence-electron chi connectivity index (χ2n) is 9.20. The van der Waals surface area contributed by atoms with Gasteiger partial charge in [0, 0.05) is 11.6 Å². The zero-order valence-corrected chi connectivity index (χ0v) is 22.1. The molecule has 4 nitrogen and oxygen atoms in total. The summed E-state index contributed by atoms with van der Waals surface area (Å²) in [4.78, 5) is 0. The van der Waals surface area contributed by atoms with E-state index in [4.69, 9.17) is 9.47 Å². The van der Waals surface area contributed by atoms with Gasteiger partial charge in [0.25, 0.3) is 5.88 Å². The van der Waals surface area contributed by atoms with Gasteiger partial charge < -0.3 is 9.47 Å². The lowest BCUT2D eigenvalue weighted by Crippen LogP contribution is -2.25. The van der Waals surface area contributed by atoms with E-state index in [0.717, 1.165) is 28.4 Å². The molecule has 3 rings (SSSR count). The third kappa shape index (κ3) is 7.81. The van der Waals surface area contributed by atoms with Crippen LogP contribution < -0.4 is 9.47 Å². The summed E-state index contributed by atoms with van der Waals surface area (Å²) < 4.78 is 51.8. The molecule has 1 aliphatic rings. The molecular formula is C31H33F3N2O2. The summed E-state index contributed by atoms with van der Waals surface area (Å²) in [5.74, 6) is -0.303. The van der Waals surface area contributed by atoms with E-state index in [0.29, 0.717) is 18.1 Å². The van der Waals surface area contributed by atoms with Crippen LogP contribution in [-0.2, 0) is 6.61 Å². The predicted octanol–water partition coefficient (Wildman–Crippen LogP) is 8.23. The summed E-state index contributed by atoms with van der Waals surface area (Å²) >= 11 is 0. The van der Waals surface area contributed by atoms with Gasteiger partial charge in [0.05, 0.1) is 5.69 Å². The highest BCUT2D eigenvalue weighted by atomic mass is 19.4. The quantitative estimate of drug-likeness (QED) is 0.295. The third-order valence-corrected chi connectivity index (χ3v) is 6.38. The lowest BCUT2D eigenvalue weighted by molar-refractivity contribution is -0.100. The molecule has 2 aromatic rings. The summed E-state index contributed by atoms with van der Waals surface area (Å²) in [5, 5.41) is 8.48. The van der Waals surface area contributed by atoms with Crippen LogP contribution in [0.15, 0.2) is 102 Å². The number of nitrogens with zero attached hydrogens (tertiary/aromatic N) is 2. The second-order valence-corrected chi connectivity index (χ2v) is 9.20. The number of ether oxygens (including phenoxy) is 2. The summed E-state index contributed by atoms with van der Waals surface area (Å²) in [6, 6.07) is 11.4. The first-order chi connectivity index (χ1) is 18.1. The molecule has 1 aliphatic carbocycles. The van der Waals surface area contributed by atoms with E-state index in [1.807, 2.05) is 62.4 Å². The second kappa shape index (κ2) is 13.1. The number of benzene rings is 1. The Morgan fingerprint density at radius 3 is 2.42 bits per heavy atom. The Morgan fingerprint density at radius 2 is 1.76 bits per heavy atom. The van der Waals surface area contributed by atoms with Crippen molar-refractivity contribution in [2.75, 3.05) is 6.61 Å². The average Bonchev–Trinajstić information content (AvgIpc) is 2.88. The first-order valence-electron chi connectivity index (χ1n) is 12.4. The lowest BCUT2D eigenvalue weighted by Gasteiger charge is -2.28. The number of hydrogen-bond donors (Lipinski definition) is 0. The Kier molecular flexibility index (Phi) is 9.88. The molecule has 2 unspecified atom stereocenters. The van der Waals surface area contributed by atoms with E-state index in [2.05, 4.69) is 16.8 Å². The smallest absolute Gasteiger partial charge is 0.412 e. The molecule has 2 atom stereocenters. The molecule has 1 heterocycles. The van der Waals surface area contributed by atoms with Crippen molar-refractivity contribution < 1.29 is 22.6 Å². The van der Waals surface area contributed by atoms with E-state index < -0.39 is 17.7 Å². The maximum Gasteiger partial charge on any atom is 0.412 e. The number of alkyl halides is 3. The average molecular weight is 523 g/mol. The van der Waals surface area contributed by atoms with Crippen LogP contribution >= 0.6 is 0 Å². The third-order valence-electron chi connectivity index (χ3n) is 6.38. The van der Waals surface area contributed by atoms with Crippen LogP contribution in [0.4, 0.5) is 13.2 Å². The number of halogens is 3. The van der Waals surface area contributed by atoms with Crippen molar-refractivity contribution >= 4 is 6.08 Å². The van der Waals surface area contributed by atoms with Gasteiger partial charge in [0.15, 0.2) is 5.75 Å². The minimum atomic E-state index is -4.34. The van der Waals surface area contributed by atoms with Gasteiger partial charge >= 0.3 is 6.18 Å². The molecule has 0 fully saturated rings. The van der Waals surface area contributed by atoms with Crippen molar-refractivity contribution in [3.8, 4) is 11.6 Å². The fourth-order valence-electron chi connectivity index (χ4n) is 3.86. The zero-order valence-electron chi connectivity index (χ0n) is 22.1. The van der Waals surface area contributed by atoms with Crippen molar-refractivity contribution in [3.63, 3.8) is 0 Å². The lowest BCUT2D eigenvalue weighted by atomic mass is 9.79. The van der Waals surface area contributed by atoms with Gasteiger partial charge in [-0.2, -0.15) is 13.2 Å². The van der Waals surface area contributed by atoms with Crippen LogP contribution in [-0.4, -0.2) is 23.0 Å². The zero-order chi connectivity index (χ0) is 27.7. The highest BCUT2D eigenvalue weighted by Gasteiger charge is 2.40. The summed E-state index contributed by atoms with van der Waals surface area (Å²) in [5.41, 5.74) is 3.51. The molecule has 0 bridgehead atoms. The van der Waals surface area contributed by atoms with Gasteiger partial charge in [-0.25, -0.2) is 0 Å².